The highest BCUT2D eigenvalue weighted by Gasteiger charge is 2.30. The first-order chi connectivity index (χ1) is 47.7. The molecule has 5 atom stereocenters. The molecule has 0 radical (unpaired) electrons. The van der Waals surface area contributed by atoms with Crippen LogP contribution in [0.2, 0.25) is 0 Å². The number of aliphatic hydroxyl groups is 1. The summed E-state index contributed by atoms with van der Waals surface area (Å²) in [5.74, 6) is -2.20. The number of phosphoric acid groups is 2. The number of hydrogen-bond acceptors (Lipinski definition) is 15. The van der Waals surface area contributed by atoms with Crippen LogP contribution in [0.15, 0.2) is 48.6 Å². The van der Waals surface area contributed by atoms with Crippen molar-refractivity contribution in [2.45, 2.75) is 393 Å². The maximum absolute atomic E-state index is 13.1. The highest BCUT2D eigenvalue weighted by molar-refractivity contribution is 7.47. The molecule has 0 aliphatic heterocycles. The Morgan fingerprint density at radius 1 is 0.286 bits per heavy atom. The zero-order chi connectivity index (χ0) is 71.8. The maximum Gasteiger partial charge on any atom is 0.472 e. The molecule has 0 saturated heterocycles. The van der Waals surface area contributed by atoms with Gasteiger partial charge in [0.15, 0.2) is 12.2 Å². The molecule has 3 N–H and O–H groups in total. The fourth-order valence-corrected chi connectivity index (χ4v) is 12.8. The van der Waals surface area contributed by atoms with Crippen LogP contribution in [-0.4, -0.2) is 96.7 Å². The van der Waals surface area contributed by atoms with Gasteiger partial charge in [0.1, 0.15) is 19.3 Å². The van der Waals surface area contributed by atoms with Crippen LogP contribution < -0.4 is 0 Å². The zero-order valence-corrected chi connectivity index (χ0v) is 64.5. The highest BCUT2D eigenvalue weighted by Crippen LogP contribution is 2.45. The third-order valence-electron chi connectivity index (χ3n) is 17.3. The fraction of sp³-hybridized carbons (Fsp3) is 0.848. The molecule has 0 rings (SSSR count). The van der Waals surface area contributed by atoms with Gasteiger partial charge in [-0.3, -0.25) is 37.3 Å². The third-order valence-corrected chi connectivity index (χ3v) is 19.2. The molecule has 0 bridgehead atoms. The van der Waals surface area contributed by atoms with Crippen LogP contribution in [0, 0.1) is 0 Å². The first-order valence-electron chi connectivity index (χ1n) is 39.9. The first kappa shape index (κ1) is 95.0. The molecule has 574 valence electrons. The van der Waals surface area contributed by atoms with Crippen molar-refractivity contribution in [2.75, 3.05) is 39.6 Å². The molecule has 98 heavy (non-hydrogen) atoms. The molecule has 0 aliphatic rings. The number of aliphatic hydroxyl groups excluding tert-OH is 1. The Morgan fingerprint density at radius 3 is 0.806 bits per heavy atom. The number of hydrogen-bond donors (Lipinski definition) is 3. The average molecular weight is 1430 g/mol. The summed E-state index contributed by atoms with van der Waals surface area (Å²) < 4.78 is 68.5. The normalized spacial score (nSPS) is 14.2. The molecule has 0 spiro atoms. The van der Waals surface area contributed by atoms with Gasteiger partial charge in [-0.25, -0.2) is 9.13 Å². The minimum atomic E-state index is -4.98. The molecule has 0 saturated carbocycles. The summed E-state index contributed by atoms with van der Waals surface area (Å²) in [5, 5.41) is 10.6. The Kier molecular flexibility index (Phi) is 70.2. The SMILES string of the molecule is CCCCC/C=C\C/C=C\C/C=C\C/C=C\CCCC(=O)OC[C@H](COP(=O)(O)OC[C@H](O)COP(=O)(O)OC[C@@H](COC(=O)CCCCCCCCCCCCCCC)OC(=O)CCCCCCCCCCCCCCCCC)OC(=O)CCCCCCCCCCCCCCC. The van der Waals surface area contributed by atoms with Crippen molar-refractivity contribution in [1.82, 2.24) is 0 Å². The van der Waals surface area contributed by atoms with Crippen LogP contribution in [0.3, 0.4) is 0 Å². The molecule has 0 fully saturated rings. The van der Waals surface area contributed by atoms with Crippen LogP contribution in [0.5, 0.6) is 0 Å². The largest absolute Gasteiger partial charge is 0.472 e. The molecule has 0 heterocycles. The standard InChI is InChI=1S/C79H146O17P2/c1-5-9-13-17-21-25-29-33-35-36-38-41-44-48-52-56-60-64-77(82)90-70-74(95-78(83)65-61-57-53-49-45-40-32-28-24-20-16-12-8-4)71-93-97(85,86)91-67-73(80)68-92-98(87,88)94-72-75(69-89-76(81)63-59-55-51-47-43-39-31-27-23-19-15-11-7-3)96-79(84)66-62-58-54-50-46-42-37-34-30-26-22-18-14-10-6-2/h21,25,33,35,38,41,48,52,73-75,80H,5-20,22-24,26-32,34,36-37,39-40,42-47,49-51,53-72H2,1-4H3,(H,85,86)(H,87,88)/b25-21-,35-33-,41-38-,52-48-/t73-,74+,75+/m0/s1. The molecule has 17 nitrogen and oxygen atoms in total. The number of ether oxygens (including phenoxy) is 4. The number of allylic oxidation sites excluding steroid dienone is 8. The molecule has 0 aromatic rings. The Hall–Kier alpha value is -2.98. The van der Waals surface area contributed by atoms with E-state index in [0.29, 0.717) is 32.1 Å². The third kappa shape index (κ3) is 71.4. The van der Waals surface area contributed by atoms with Crippen molar-refractivity contribution in [3.8, 4) is 0 Å². The van der Waals surface area contributed by atoms with E-state index in [9.17, 15) is 43.2 Å². The van der Waals surface area contributed by atoms with E-state index in [0.717, 1.165) is 96.3 Å². The van der Waals surface area contributed by atoms with E-state index in [2.05, 4.69) is 64.2 Å². The van der Waals surface area contributed by atoms with Gasteiger partial charge in [-0.05, 0) is 64.2 Å². The van der Waals surface area contributed by atoms with Crippen molar-refractivity contribution < 1.29 is 80.2 Å². The van der Waals surface area contributed by atoms with E-state index in [1.54, 1.807) is 0 Å². The lowest BCUT2D eigenvalue weighted by Crippen LogP contribution is -2.30. The van der Waals surface area contributed by atoms with Crippen molar-refractivity contribution in [2.24, 2.45) is 0 Å². The van der Waals surface area contributed by atoms with E-state index >= 15 is 0 Å². The lowest BCUT2D eigenvalue weighted by atomic mass is 10.0. The van der Waals surface area contributed by atoms with E-state index in [1.165, 1.54) is 193 Å². The van der Waals surface area contributed by atoms with E-state index in [-0.39, 0.29) is 25.7 Å². The summed E-state index contributed by atoms with van der Waals surface area (Å²) in [4.78, 5) is 72.9. The summed E-state index contributed by atoms with van der Waals surface area (Å²) in [6, 6.07) is 0. The summed E-state index contributed by atoms with van der Waals surface area (Å²) in [7, 11) is -9.94. The molecule has 19 heteroatoms. The number of rotatable bonds is 76. The number of unbranched alkanes of at least 4 members (excludes halogenated alkanes) is 42. The quantitative estimate of drug-likeness (QED) is 0.0169. The summed E-state index contributed by atoms with van der Waals surface area (Å²) in [6.07, 6.45) is 69.5. The summed E-state index contributed by atoms with van der Waals surface area (Å²) in [5.41, 5.74) is 0. The lowest BCUT2D eigenvalue weighted by Gasteiger charge is -2.21. The highest BCUT2D eigenvalue weighted by atomic mass is 31.2. The zero-order valence-electron chi connectivity index (χ0n) is 62.7. The number of carbonyl (C=O) groups is 4. The monoisotopic (exact) mass is 1430 g/mol. The van der Waals surface area contributed by atoms with Gasteiger partial charge in [0.25, 0.3) is 0 Å². The van der Waals surface area contributed by atoms with Gasteiger partial charge < -0.3 is 33.8 Å². The van der Waals surface area contributed by atoms with Gasteiger partial charge in [-0.15, -0.1) is 0 Å². The second-order valence-corrected chi connectivity index (χ2v) is 29.9. The Labute approximate surface area is 597 Å². The second-order valence-electron chi connectivity index (χ2n) is 27.0. The van der Waals surface area contributed by atoms with Gasteiger partial charge in [0.05, 0.1) is 26.4 Å². The van der Waals surface area contributed by atoms with Gasteiger partial charge in [-0.1, -0.05) is 333 Å². The van der Waals surface area contributed by atoms with Crippen LogP contribution >= 0.6 is 15.6 Å². The summed E-state index contributed by atoms with van der Waals surface area (Å²) in [6.45, 7) is 4.87. The predicted molar refractivity (Wildman–Crippen MR) is 400 cm³/mol. The second kappa shape index (κ2) is 72.4. The number of carbonyl (C=O) groups excluding carboxylic acids is 4. The lowest BCUT2D eigenvalue weighted by molar-refractivity contribution is -0.161. The van der Waals surface area contributed by atoms with Gasteiger partial charge in [0.2, 0.25) is 0 Å². The van der Waals surface area contributed by atoms with Crippen LogP contribution in [-0.2, 0) is 65.4 Å². The predicted octanol–water partition coefficient (Wildman–Crippen LogP) is 22.9. The molecular weight excluding hydrogens is 1280 g/mol. The van der Waals surface area contributed by atoms with E-state index < -0.39 is 97.5 Å². The summed E-state index contributed by atoms with van der Waals surface area (Å²) >= 11 is 0. The number of esters is 4. The molecule has 0 aliphatic carbocycles. The van der Waals surface area contributed by atoms with Gasteiger partial charge in [-0.2, -0.15) is 0 Å². The van der Waals surface area contributed by atoms with Crippen LogP contribution in [0.1, 0.15) is 374 Å². The number of phosphoric ester groups is 2. The van der Waals surface area contributed by atoms with E-state index in [4.69, 9.17) is 37.0 Å². The topological polar surface area (TPSA) is 237 Å². The molecular formula is C79H146O17P2. The minimum Gasteiger partial charge on any atom is -0.462 e. The Morgan fingerprint density at radius 2 is 0.510 bits per heavy atom. The Bertz CT molecular complexity index is 2050. The van der Waals surface area contributed by atoms with Crippen molar-refractivity contribution >= 4 is 39.5 Å². The van der Waals surface area contributed by atoms with Crippen LogP contribution in [0.4, 0.5) is 0 Å². The minimum absolute atomic E-state index is 0.0909. The first-order valence-corrected chi connectivity index (χ1v) is 42.9. The molecule has 0 aromatic heterocycles. The van der Waals surface area contributed by atoms with E-state index in [1.807, 2.05) is 12.2 Å². The fourth-order valence-electron chi connectivity index (χ4n) is 11.2. The smallest absolute Gasteiger partial charge is 0.462 e. The van der Waals surface area contributed by atoms with Crippen LogP contribution in [0.25, 0.3) is 0 Å². The Balaban J connectivity index is 5.34. The molecule has 0 amide bonds. The van der Waals surface area contributed by atoms with Crippen molar-refractivity contribution in [3.05, 3.63) is 48.6 Å². The van der Waals surface area contributed by atoms with Crippen molar-refractivity contribution in [1.29, 1.82) is 0 Å². The molecule has 2 unspecified atom stereocenters. The van der Waals surface area contributed by atoms with Gasteiger partial charge in [0, 0.05) is 25.7 Å². The molecule has 0 aromatic carbocycles. The van der Waals surface area contributed by atoms with Crippen molar-refractivity contribution in [3.63, 3.8) is 0 Å². The average Bonchev–Trinajstić information content (AvgIpc) is 0.962. The van der Waals surface area contributed by atoms with Gasteiger partial charge >= 0.3 is 39.5 Å². The maximum atomic E-state index is 13.1.